The first kappa shape index (κ1) is 29.2. The van der Waals surface area contributed by atoms with E-state index in [1.165, 1.54) is 17.5 Å². The molecule has 0 aliphatic carbocycles. The van der Waals surface area contributed by atoms with Crippen molar-refractivity contribution in [3.05, 3.63) is 76.2 Å². The number of anilines is 2. The number of carbonyl (C=O) groups excluding carboxylic acids is 3. The maximum absolute atomic E-state index is 13.4. The average Bonchev–Trinajstić information content (AvgIpc) is 3.68. The van der Waals surface area contributed by atoms with Crippen molar-refractivity contribution in [1.29, 1.82) is 0 Å². The molecule has 3 amide bonds. The molecule has 2 unspecified atom stereocenters. The van der Waals surface area contributed by atoms with Gasteiger partial charge in [-0.1, -0.05) is 12.1 Å². The molecule has 3 N–H and O–H groups in total. The molecule has 2 fully saturated rings. The second-order valence-electron chi connectivity index (χ2n) is 10.2. The van der Waals surface area contributed by atoms with E-state index in [4.69, 9.17) is 4.74 Å². The van der Waals surface area contributed by atoms with E-state index in [0.29, 0.717) is 48.9 Å². The van der Waals surface area contributed by atoms with Gasteiger partial charge in [0.15, 0.2) is 0 Å². The van der Waals surface area contributed by atoms with Crippen molar-refractivity contribution in [2.24, 2.45) is 0 Å². The number of nitrogens with zero attached hydrogens (tertiary/aromatic N) is 3. The smallest absolute Gasteiger partial charge is 0.305 e. The van der Waals surface area contributed by atoms with Crippen molar-refractivity contribution >= 4 is 46.4 Å². The number of thiophene rings is 1. The third-order valence-corrected chi connectivity index (χ3v) is 8.24. The molecular weight excluding hydrogens is 558 g/mol. The number of amides is 3. The number of rotatable bonds is 9. The molecule has 1 aromatic carbocycles. The highest BCUT2D eigenvalue weighted by molar-refractivity contribution is 7.12. The number of pyridine rings is 1. The number of ether oxygens (including phenoxy) is 1. The van der Waals surface area contributed by atoms with Crippen molar-refractivity contribution < 1.29 is 29.0 Å². The van der Waals surface area contributed by atoms with E-state index in [0.717, 1.165) is 24.9 Å². The summed E-state index contributed by atoms with van der Waals surface area (Å²) in [5.41, 5.74) is 2.03. The lowest BCUT2D eigenvalue weighted by Gasteiger charge is -2.27. The minimum absolute atomic E-state index is 0.0251. The Hall–Kier alpha value is -4.29. The van der Waals surface area contributed by atoms with Crippen LogP contribution in [-0.2, 0) is 14.3 Å². The van der Waals surface area contributed by atoms with Gasteiger partial charge < -0.3 is 30.3 Å². The van der Waals surface area contributed by atoms with E-state index in [1.807, 2.05) is 10.3 Å². The molecule has 0 bridgehead atoms. The van der Waals surface area contributed by atoms with Crippen LogP contribution in [-0.4, -0.2) is 77.6 Å². The number of carboxylic acids is 1. The molecule has 5 rings (SSSR count). The molecule has 12 heteroatoms. The SMILES string of the molecule is O=C(O)CC(NC(=O)c1ccc(N2CCCN(C(=O)C3CCCO3)CC2)c(NC(=O)c2cccs2)c1)c1cccnc1. The first-order chi connectivity index (χ1) is 20.4. The summed E-state index contributed by atoms with van der Waals surface area (Å²) < 4.78 is 5.61. The standard InChI is InChI=1S/C30H33N5O6S/c36-27(37)18-22(21-5-1-10-31-19-21)32-28(38)20-8-9-24(23(17-20)33-29(39)26-7-3-16-42-26)34-11-4-12-35(14-13-34)30(40)25-6-2-15-41-25/h1,3,5,7-10,16-17,19,22,25H,2,4,6,11-15,18H2,(H,32,38)(H,33,39)(H,36,37). The summed E-state index contributed by atoms with van der Waals surface area (Å²) in [6.45, 7) is 2.95. The van der Waals surface area contributed by atoms with Crippen molar-refractivity contribution in [2.45, 2.75) is 37.8 Å². The Balaban J connectivity index is 1.38. The van der Waals surface area contributed by atoms with Crippen LogP contribution in [0, 0.1) is 0 Å². The predicted octanol–water partition coefficient (Wildman–Crippen LogP) is 3.56. The number of carbonyl (C=O) groups is 4. The fraction of sp³-hybridized carbons (Fsp3) is 0.367. The first-order valence-corrected chi connectivity index (χ1v) is 14.8. The largest absolute Gasteiger partial charge is 0.481 e. The first-order valence-electron chi connectivity index (χ1n) is 14.0. The molecule has 0 spiro atoms. The quantitative estimate of drug-likeness (QED) is 0.343. The Morgan fingerprint density at radius 2 is 1.93 bits per heavy atom. The molecule has 0 radical (unpaired) electrons. The van der Waals surface area contributed by atoms with Gasteiger partial charge in [0.05, 0.1) is 28.7 Å². The topological polar surface area (TPSA) is 141 Å². The molecular formula is C30H33N5O6S. The Morgan fingerprint density at radius 3 is 2.64 bits per heavy atom. The molecule has 2 aromatic heterocycles. The third-order valence-electron chi connectivity index (χ3n) is 7.38. The molecule has 11 nitrogen and oxygen atoms in total. The van der Waals surface area contributed by atoms with Crippen LogP contribution in [0.3, 0.4) is 0 Å². The number of nitrogens with one attached hydrogen (secondary N) is 2. The number of hydrogen-bond donors (Lipinski definition) is 3. The molecule has 42 heavy (non-hydrogen) atoms. The van der Waals surface area contributed by atoms with Crippen LogP contribution in [0.4, 0.5) is 11.4 Å². The van der Waals surface area contributed by atoms with Crippen LogP contribution in [0.1, 0.15) is 57.3 Å². The Kier molecular flexibility index (Phi) is 9.45. The minimum Gasteiger partial charge on any atom is -0.481 e. The van der Waals surface area contributed by atoms with Gasteiger partial charge in [0.2, 0.25) is 0 Å². The molecule has 2 saturated heterocycles. The molecule has 0 saturated carbocycles. The third kappa shape index (κ3) is 7.12. The average molecular weight is 592 g/mol. The molecule has 220 valence electrons. The van der Waals surface area contributed by atoms with Crippen LogP contribution in [0.5, 0.6) is 0 Å². The number of carboxylic acid groups (broad SMARTS) is 1. The molecule has 2 aliphatic rings. The van der Waals surface area contributed by atoms with Gasteiger partial charge in [0.25, 0.3) is 17.7 Å². The number of benzene rings is 1. The van der Waals surface area contributed by atoms with Crippen LogP contribution in [0.2, 0.25) is 0 Å². The van der Waals surface area contributed by atoms with E-state index in [1.54, 1.807) is 48.7 Å². The Bertz CT molecular complexity index is 1410. The summed E-state index contributed by atoms with van der Waals surface area (Å²) in [6, 6.07) is 11.2. The highest BCUT2D eigenvalue weighted by Crippen LogP contribution is 2.30. The Labute approximate surface area is 247 Å². The predicted molar refractivity (Wildman–Crippen MR) is 158 cm³/mol. The van der Waals surface area contributed by atoms with E-state index in [9.17, 15) is 24.3 Å². The molecule has 3 aromatic rings. The van der Waals surface area contributed by atoms with Gasteiger partial charge in [-0.25, -0.2) is 0 Å². The van der Waals surface area contributed by atoms with E-state index in [2.05, 4.69) is 20.5 Å². The van der Waals surface area contributed by atoms with Crippen LogP contribution < -0.4 is 15.5 Å². The number of aromatic nitrogens is 1. The van der Waals surface area contributed by atoms with Crippen molar-refractivity contribution in [3.8, 4) is 0 Å². The zero-order valence-corrected chi connectivity index (χ0v) is 23.8. The summed E-state index contributed by atoms with van der Waals surface area (Å²) in [5.74, 6) is -1.81. The number of hydrogen-bond acceptors (Lipinski definition) is 8. The monoisotopic (exact) mass is 591 g/mol. The van der Waals surface area contributed by atoms with Gasteiger partial charge >= 0.3 is 5.97 Å². The maximum Gasteiger partial charge on any atom is 0.305 e. The molecule has 2 atom stereocenters. The van der Waals surface area contributed by atoms with Crippen molar-refractivity contribution in [1.82, 2.24) is 15.2 Å². The van der Waals surface area contributed by atoms with Gasteiger partial charge in [0, 0.05) is 50.7 Å². The summed E-state index contributed by atoms with van der Waals surface area (Å²) in [4.78, 5) is 59.4. The van der Waals surface area contributed by atoms with Gasteiger partial charge in [-0.3, -0.25) is 24.2 Å². The highest BCUT2D eigenvalue weighted by atomic mass is 32.1. The lowest BCUT2D eigenvalue weighted by molar-refractivity contribution is -0.140. The van der Waals surface area contributed by atoms with Gasteiger partial charge in [-0.15, -0.1) is 11.3 Å². The van der Waals surface area contributed by atoms with Gasteiger partial charge in [-0.2, -0.15) is 0 Å². The summed E-state index contributed by atoms with van der Waals surface area (Å²) >= 11 is 1.31. The lowest BCUT2D eigenvalue weighted by atomic mass is 10.0. The summed E-state index contributed by atoms with van der Waals surface area (Å²) in [6.07, 6.45) is 4.79. The molecule has 2 aliphatic heterocycles. The lowest BCUT2D eigenvalue weighted by Crippen LogP contribution is -2.41. The van der Waals surface area contributed by atoms with Crippen LogP contribution in [0.15, 0.2) is 60.2 Å². The van der Waals surface area contributed by atoms with Gasteiger partial charge in [0.1, 0.15) is 6.10 Å². The second kappa shape index (κ2) is 13.6. The van der Waals surface area contributed by atoms with Crippen molar-refractivity contribution in [2.75, 3.05) is 43.0 Å². The fourth-order valence-electron chi connectivity index (χ4n) is 5.25. The summed E-state index contributed by atoms with van der Waals surface area (Å²) in [5, 5.41) is 17.0. The fourth-order valence-corrected chi connectivity index (χ4v) is 5.87. The van der Waals surface area contributed by atoms with E-state index < -0.39 is 17.9 Å². The normalized spacial score (nSPS) is 17.8. The van der Waals surface area contributed by atoms with Crippen molar-refractivity contribution in [3.63, 3.8) is 0 Å². The zero-order valence-electron chi connectivity index (χ0n) is 23.0. The zero-order chi connectivity index (χ0) is 29.5. The molecule has 4 heterocycles. The van der Waals surface area contributed by atoms with Crippen LogP contribution in [0.25, 0.3) is 0 Å². The van der Waals surface area contributed by atoms with Gasteiger partial charge in [-0.05, 0) is 60.5 Å². The summed E-state index contributed by atoms with van der Waals surface area (Å²) in [7, 11) is 0. The maximum atomic E-state index is 13.4. The van der Waals surface area contributed by atoms with Crippen LogP contribution >= 0.6 is 11.3 Å². The second-order valence-corrected chi connectivity index (χ2v) is 11.2. The van der Waals surface area contributed by atoms with E-state index >= 15 is 0 Å². The Morgan fingerprint density at radius 1 is 1.05 bits per heavy atom. The highest BCUT2D eigenvalue weighted by Gasteiger charge is 2.30. The van der Waals surface area contributed by atoms with E-state index in [-0.39, 0.29) is 29.9 Å². The number of aliphatic carboxylic acids is 1. The minimum atomic E-state index is -1.06.